The van der Waals surface area contributed by atoms with Crippen molar-refractivity contribution >= 4 is 28.2 Å². The first-order valence-corrected chi connectivity index (χ1v) is 17.2. The number of fused-ring (bicyclic) bond motifs is 4. The summed E-state index contributed by atoms with van der Waals surface area (Å²) in [6.45, 7) is 10.2. The van der Waals surface area contributed by atoms with Gasteiger partial charge in [0, 0.05) is 12.0 Å². The van der Waals surface area contributed by atoms with Crippen molar-refractivity contribution in [2.24, 2.45) is 40.2 Å². The highest BCUT2D eigenvalue weighted by Crippen LogP contribution is 2.66. The van der Waals surface area contributed by atoms with E-state index in [2.05, 4.69) is 29.2 Å². The molecule has 2 unspecified atom stereocenters. The van der Waals surface area contributed by atoms with Crippen LogP contribution in [0.4, 0.5) is 0 Å². The van der Waals surface area contributed by atoms with Crippen molar-refractivity contribution in [1.29, 1.82) is 0 Å². The van der Waals surface area contributed by atoms with Gasteiger partial charge < -0.3 is 26.2 Å². The van der Waals surface area contributed by atoms with Crippen molar-refractivity contribution in [3.8, 4) is 16.9 Å². The molecule has 9 nitrogen and oxygen atoms in total. The molecule has 1 saturated heterocycles. The second-order valence-corrected chi connectivity index (χ2v) is 15.8. The number of ketones is 2. The lowest BCUT2D eigenvalue weighted by Gasteiger charge is -2.66. The fraction of sp³-hybridized carbons (Fsp3) is 0.513. The normalized spacial score (nSPS) is 35.0. The van der Waals surface area contributed by atoms with Crippen LogP contribution in [0.3, 0.4) is 0 Å². The number of phenolic OH excluding ortho intramolecular Hbond substituents is 1. The number of amides is 1. The average molecular weight is 655 g/mol. The number of benzene rings is 3. The molecule has 1 aliphatic heterocycles. The van der Waals surface area contributed by atoms with Gasteiger partial charge in [0.05, 0.1) is 17.6 Å². The number of nitrogens with two attached hydrogens (primary N) is 1. The van der Waals surface area contributed by atoms with E-state index in [0.29, 0.717) is 5.56 Å². The maximum absolute atomic E-state index is 14.6. The summed E-state index contributed by atoms with van der Waals surface area (Å²) in [4.78, 5) is 43.6. The first-order valence-electron chi connectivity index (χ1n) is 17.2. The largest absolute Gasteiger partial charge is 0.507 e. The van der Waals surface area contributed by atoms with E-state index >= 15 is 0 Å². The lowest BCUT2D eigenvalue weighted by atomic mass is 9.39. The molecule has 1 amide bonds. The van der Waals surface area contributed by atoms with Crippen molar-refractivity contribution in [3.63, 3.8) is 0 Å². The molecular formula is C39H46N2O7. The predicted molar refractivity (Wildman–Crippen MR) is 181 cm³/mol. The number of Topliss-reactive ketones (excluding diaryl/α,β-unsaturated/α-hetero) is 2. The van der Waals surface area contributed by atoms with Gasteiger partial charge in [-0.15, -0.1) is 0 Å². The van der Waals surface area contributed by atoms with E-state index in [1.54, 1.807) is 6.92 Å². The van der Waals surface area contributed by atoms with E-state index < -0.39 is 63.9 Å². The third-order valence-electron chi connectivity index (χ3n) is 12.6. The summed E-state index contributed by atoms with van der Waals surface area (Å²) < 4.78 is 0. The van der Waals surface area contributed by atoms with Crippen molar-refractivity contribution < 1.29 is 34.8 Å². The zero-order valence-corrected chi connectivity index (χ0v) is 28.1. The molecule has 3 aromatic rings. The number of likely N-dealkylation sites (tertiary alicyclic amines) is 1. The standard InChI is InChI=1S/C39H46N2O7/c1-20(2)30-33(44)29(36(40)47)34(45)39(48)35(46)31-32(43)28-26(17-37(31,3)19-38(30,39)4)25(13-14-27(28)42)24-12-11-21(18-41-15-7-8-16-41)22-9-5-6-10-23(22)24/h5-6,9-14,20,29-31,33,35,42,44,46,48H,7-8,15-19H2,1-4H3,(H2,40,47)/t29-,30+,31-,33?,35?,37-,38-,39+/m1/s1. The minimum Gasteiger partial charge on any atom is -0.507 e. The number of carbonyl (C=O) groups is 3. The maximum Gasteiger partial charge on any atom is 0.230 e. The molecule has 1 heterocycles. The van der Waals surface area contributed by atoms with Crippen LogP contribution in [0, 0.1) is 34.5 Å². The number of phenols is 1. The summed E-state index contributed by atoms with van der Waals surface area (Å²) in [5.41, 5.74) is 4.34. The second-order valence-electron chi connectivity index (χ2n) is 15.8. The Labute approximate surface area is 280 Å². The first kappa shape index (κ1) is 32.9. The van der Waals surface area contributed by atoms with E-state index in [4.69, 9.17) is 5.73 Å². The van der Waals surface area contributed by atoms with Crippen LogP contribution in [0.5, 0.6) is 5.75 Å². The van der Waals surface area contributed by atoms with Crippen LogP contribution < -0.4 is 5.73 Å². The Morgan fingerprint density at radius 3 is 2.27 bits per heavy atom. The first-order chi connectivity index (χ1) is 22.7. The molecule has 8 atom stereocenters. The third kappa shape index (κ3) is 4.40. The van der Waals surface area contributed by atoms with Gasteiger partial charge in [-0.1, -0.05) is 70.2 Å². The summed E-state index contributed by atoms with van der Waals surface area (Å²) >= 11 is 0. The molecule has 0 radical (unpaired) electrons. The monoisotopic (exact) mass is 654 g/mol. The maximum atomic E-state index is 14.6. The molecule has 4 aliphatic rings. The van der Waals surface area contributed by atoms with Gasteiger partial charge in [-0.2, -0.15) is 0 Å². The van der Waals surface area contributed by atoms with E-state index in [1.165, 1.54) is 24.5 Å². The lowest BCUT2D eigenvalue weighted by molar-refractivity contribution is -0.265. The topological polar surface area (TPSA) is 161 Å². The number of rotatable bonds is 5. The molecule has 0 spiro atoms. The number of primary amides is 1. The SMILES string of the molecule is CC(C)[C@H]1C(O)[C@@H](C(N)=O)C(=O)[C@]2(O)C(O)[C@H]3C(=O)c4c(O)ccc(-c5ccc(CN6CCCC6)c6ccccc56)c4C[C@]3(C)C[C@]12C. The van der Waals surface area contributed by atoms with Crippen molar-refractivity contribution in [2.75, 3.05) is 13.1 Å². The van der Waals surface area contributed by atoms with E-state index in [9.17, 15) is 34.8 Å². The van der Waals surface area contributed by atoms with Crippen LogP contribution in [0.25, 0.3) is 21.9 Å². The summed E-state index contributed by atoms with van der Waals surface area (Å²) in [6.07, 6.45) is -0.603. The highest BCUT2D eigenvalue weighted by molar-refractivity contribution is 6.10. The summed E-state index contributed by atoms with van der Waals surface area (Å²) in [6, 6.07) is 15.8. The molecular weight excluding hydrogens is 608 g/mol. The molecule has 254 valence electrons. The molecule has 9 heteroatoms. The van der Waals surface area contributed by atoms with Gasteiger partial charge in [0.1, 0.15) is 17.8 Å². The van der Waals surface area contributed by atoms with Crippen LogP contribution in [-0.4, -0.2) is 73.7 Å². The van der Waals surface area contributed by atoms with E-state index in [-0.39, 0.29) is 30.1 Å². The van der Waals surface area contributed by atoms with Gasteiger partial charge in [0.2, 0.25) is 5.91 Å². The van der Waals surface area contributed by atoms with E-state index in [0.717, 1.165) is 41.5 Å². The molecule has 3 aromatic carbocycles. The molecule has 7 rings (SSSR count). The van der Waals surface area contributed by atoms with Gasteiger partial charge in [-0.3, -0.25) is 19.3 Å². The number of aliphatic hydroxyl groups excluding tert-OH is 2. The van der Waals surface area contributed by atoms with Crippen LogP contribution in [0.2, 0.25) is 0 Å². The molecule has 0 aromatic heterocycles. The van der Waals surface area contributed by atoms with Crippen molar-refractivity contribution in [2.45, 2.75) is 77.7 Å². The summed E-state index contributed by atoms with van der Waals surface area (Å²) in [5.74, 6) is -7.04. The fourth-order valence-corrected chi connectivity index (χ4v) is 10.7. The highest BCUT2D eigenvalue weighted by Gasteiger charge is 2.76. The quantitative estimate of drug-likeness (QED) is 0.258. The van der Waals surface area contributed by atoms with Crippen LogP contribution >= 0.6 is 0 Å². The van der Waals surface area contributed by atoms with Gasteiger partial charge in [0.25, 0.3) is 0 Å². The minimum absolute atomic E-state index is 0.0709. The Morgan fingerprint density at radius 2 is 1.62 bits per heavy atom. The Hall–Kier alpha value is -3.63. The average Bonchev–Trinajstić information content (AvgIpc) is 3.52. The molecule has 3 fully saturated rings. The molecule has 0 bridgehead atoms. The minimum atomic E-state index is -2.53. The zero-order valence-electron chi connectivity index (χ0n) is 28.1. The zero-order chi connectivity index (χ0) is 34.5. The smallest absolute Gasteiger partial charge is 0.230 e. The Bertz CT molecular complexity index is 1850. The molecule has 3 aliphatic carbocycles. The fourth-order valence-electron chi connectivity index (χ4n) is 10.7. The van der Waals surface area contributed by atoms with Gasteiger partial charge in [0.15, 0.2) is 17.2 Å². The number of carbonyl (C=O) groups excluding carboxylic acids is 3. The van der Waals surface area contributed by atoms with Crippen LogP contribution in [-0.2, 0) is 22.6 Å². The number of hydrogen-bond donors (Lipinski definition) is 5. The van der Waals surface area contributed by atoms with Gasteiger partial charge in [-0.25, -0.2) is 0 Å². The third-order valence-corrected chi connectivity index (χ3v) is 12.6. The van der Waals surface area contributed by atoms with Gasteiger partial charge in [-0.05, 0) is 95.1 Å². The summed E-state index contributed by atoms with van der Waals surface area (Å²) in [7, 11) is 0. The molecule has 48 heavy (non-hydrogen) atoms. The number of aromatic hydroxyl groups is 1. The summed E-state index contributed by atoms with van der Waals surface area (Å²) in [5, 5.41) is 49.3. The Morgan fingerprint density at radius 1 is 0.979 bits per heavy atom. The van der Waals surface area contributed by atoms with Gasteiger partial charge >= 0.3 is 0 Å². The number of nitrogens with zero attached hydrogens (tertiary/aromatic N) is 1. The van der Waals surface area contributed by atoms with Crippen molar-refractivity contribution in [3.05, 3.63) is 65.2 Å². The second kappa shape index (κ2) is 11.2. The number of hydrogen-bond acceptors (Lipinski definition) is 8. The highest BCUT2D eigenvalue weighted by atomic mass is 16.4. The van der Waals surface area contributed by atoms with E-state index in [1.807, 2.05) is 39.0 Å². The molecule has 6 N–H and O–H groups in total. The molecule has 2 saturated carbocycles. The Balaban J connectivity index is 1.39. The van der Waals surface area contributed by atoms with Crippen LogP contribution in [0.15, 0.2) is 48.5 Å². The van der Waals surface area contributed by atoms with Crippen LogP contribution in [0.1, 0.15) is 68.4 Å². The van der Waals surface area contributed by atoms with Crippen molar-refractivity contribution in [1.82, 2.24) is 4.90 Å². The predicted octanol–water partition coefficient (Wildman–Crippen LogP) is 3.99. The lowest BCUT2D eigenvalue weighted by Crippen LogP contribution is -2.79. The number of aliphatic hydroxyl groups is 3. The Kier molecular flexibility index (Phi) is 7.68.